The van der Waals surface area contributed by atoms with Gasteiger partial charge in [-0.1, -0.05) is 27.3 Å². The maximum atomic E-state index is 14.1. The van der Waals surface area contributed by atoms with Crippen LogP contribution in [0, 0.1) is 19.7 Å². The molecule has 0 saturated heterocycles. The third kappa shape index (κ3) is 2.63. The van der Waals surface area contributed by atoms with E-state index in [4.69, 9.17) is 0 Å². The van der Waals surface area contributed by atoms with Crippen molar-refractivity contribution < 1.29 is 4.39 Å². The van der Waals surface area contributed by atoms with Gasteiger partial charge in [-0.2, -0.15) is 14.7 Å². The predicted molar refractivity (Wildman–Crippen MR) is 92.6 cm³/mol. The molecule has 3 heterocycles. The Morgan fingerprint density at radius 1 is 1.17 bits per heavy atom. The lowest BCUT2D eigenvalue weighted by Crippen LogP contribution is -2.04. The molecule has 0 radical (unpaired) electrons. The number of aromatic nitrogens is 6. The quantitative estimate of drug-likeness (QED) is 0.521. The van der Waals surface area contributed by atoms with Gasteiger partial charge in [0.05, 0.1) is 17.8 Å². The van der Waals surface area contributed by atoms with Crippen LogP contribution in [0.2, 0.25) is 0 Å². The fourth-order valence-corrected chi connectivity index (χ4v) is 3.70. The molecule has 122 valence electrons. The molecule has 1 aromatic carbocycles. The van der Waals surface area contributed by atoms with Gasteiger partial charge in [0.2, 0.25) is 4.96 Å². The molecule has 0 bridgehead atoms. The first-order valence-corrected chi connectivity index (χ1v) is 8.80. The monoisotopic (exact) mass is 406 g/mol. The second kappa shape index (κ2) is 5.75. The average Bonchev–Trinajstić information content (AvgIpc) is 3.17. The highest BCUT2D eigenvalue weighted by molar-refractivity contribution is 9.10. The molecule has 0 saturated carbocycles. The van der Waals surface area contributed by atoms with Crippen molar-refractivity contribution in [3.63, 3.8) is 0 Å². The van der Waals surface area contributed by atoms with Crippen LogP contribution in [0.3, 0.4) is 0 Å². The minimum absolute atomic E-state index is 0.361. The van der Waals surface area contributed by atoms with E-state index in [2.05, 4.69) is 36.3 Å². The van der Waals surface area contributed by atoms with E-state index in [1.165, 1.54) is 17.4 Å². The highest BCUT2D eigenvalue weighted by Crippen LogP contribution is 2.27. The van der Waals surface area contributed by atoms with Crippen LogP contribution in [0.1, 0.15) is 16.4 Å². The van der Waals surface area contributed by atoms with Crippen LogP contribution < -0.4 is 0 Å². The second-order valence-electron chi connectivity index (χ2n) is 5.42. The Morgan fingerprint density at radius 2 is 2.00 bits per heavy atom. The molecular formula is C15H12BrFN6S. The van der Waals surface area contributed by atoms with Gasteiger partial charge < -0.3 is 0 Å². The molecule has 6 nitrogen and oxygen atoms in total. The molecule has 9 heteroatoms. The molecule has 0 atom stereocenters. The number of nitrogens with zero attached hydrogens (tertiary/aromatic N) is 6. The van der Waals surface area contributed by atoms with E-state index < -0.39 is 0 Å². The zero-order valence-electron chi connectivity index (χ0n) is 12.9. The van der Waals surface area contributed by atoms with Gasteiger partial charge in [0.1, 0.15) is 10.8 Å². The lowest BCUT2D eigenvalue weighted by Gasteiger charge is -2.01. The molecule has 0 aliphatic heterocycles. The number of benzene rings is 1. The van der Waals surface area contributed by atoms with Crippen molar-refractivity contribution >= 4 is 32.2 Å². The summed E-state index contributed by atoms with van der Waals surface area (Å²) in [5.74, 6) is 0.0280. The van der Waals surface area contributed by atoms with Crippen molar-refractivity contribution in [2.24, 2.45) is 0 Å². The summed E-state index contributed by atoms with van der Waals surface area (Å²) in [5.41, 5.74) is 2.39. The summed E-state index contributed by atoms with van der Waals surface area (Å²) in [6, 6.07) is 6.73. The molecule has 24 heavy (non-hydrogen) atoms. The zero-order valence-corrected chi connectivity index (χ0v) is 15.3. The van der Waals surface area contributed by atoms with Gasteiger partial charge in [0.15, 0.2) is 5.82 Å². The lowest BCUT2D eigenvalue weighted by atomic mass is 10.2. The van der Waals surface area contributed by atoms with Gasteiger partial charge in [0.25, 0.3) is 0 Å². The van der Waals surface area contributed by atoms with Crippen molar-refractivity contribution in [2.45, 2.75) is 20.4 Å². The van der Waals surface area contributed by atoms with Gasteiger partial charge >= 0.3 is 0 Å². The smallest absolute Gasteiger partial charge is 0.235 e. The standard InChI is InChI=1S/C15H12BrFN6S/c1-8-5-9(2)22(20-8)7-13-21-23-14(18-19-15(23)24-13)11-6-10(16)3-4-12(11)17/h3-6H,7H2,1-2H3. The molecule has 4 aromatic rings. The molecule has 0 spiro atoms. The van der Waals surface area contributed by atoms with E-state index in [-0.39, 0.29) is 5.82 Å². The summed E-state index contributed by atoms with van der Waals surface area (Å²) < 4.78 is 18.4. The molecule has 0 aliphatic rings. The van der Waals surface area contributed by atoms with Crippen molar-refractivity contribution in [3.8, 4) is 11.4 Å². The first-order valence-electron chi connectivity index (χ1n) is 7.19. The fourth-order valence-electron chi connectivity index (χ4n) is 2.52. The minimum Gasteiger partial charge on any atom is -0.263 e. The van der Waals surface area contributed by atoms with Crippen LogP contribution in [0.15, 0.2) is 28.7 Å². The molecule has 4 rings (SSSR count). The summed E-state index contributed by atoms with van der Waals surface area (Å²) in [6.45, 7) is 4.51. The third-order valence-corrected chi connectivity index (χ3v) is 4.97. The summed E-state index contributed by atoms with van der Waals surface area (Å²) in [5, 5.41) is 18.0. The molecule has 0 amide bonds. The zero-order chi connectivity index (χ0) is 16.8. The van der Waals surface area contributed by atoms with Gasteiger partial charge in [-0.3, -0.25) is 4.68 Å². The summed E-state index contributed by atoms with van der Waals surface area (Å²) in [4.78, 5) is 0.626. The Morgan fingerprint density at radius 3 is 2.75 bits per heavy atom. The van der Waals surface area contributed by atoms with Crippen LogP contribution in [-0.2, 0) is 6.54 Å². The molecule has 3 aromatic heterocycles. The first-order chi connectivity index (χ1) is 11.5. The van der Waals surface area contributed by atoms with Gasteiger partial charge in [-0.05, 0) is 38.1 Å². The average molecular weight is 407 g/mol. The van der Waals surface area contributed by atoms with Gasteiger partial charge in [-0.15, -0.1) is 10.2 Å². The number of fused-ring (bicyclic) bond motifs is 1. The van der Waals surface area contributed by atoms with Crippen LogP contribution in [0.4, 0.5) is 4.39 Å². The summed E-state index contributed by atoms with van der Waals surface area (Å²) in [7, 11) is 0. The number of aryl methyl sites for hydroxylation is 2. The Balaban J connectivity index is 1.76. The maximum Gasteiger partial charge on any atom is 0.235 e. The van der Waals surface area contributed by atoms with Crippen molar-refractivity contribution in [1.82, 2.24) is 29.6 Å². The van der Waals surface area contributed by atoms with E-state index in [1.54, 1.807) is 16.6 Å². The van der Waals surface area contributed by atoms with E-state index in [0.29, 0.717) is 22.9 Å². The number of hydrogen-bond donors (Lipinski definition) is 0. The normalized spacial score (nSPS) is 11.5. The lowest BCUT2D eigenvalue weighted by molar-refractivity contribution is 0.627. The topological polar surface area (TPSA) is 60.9 Å². The van der Waals surface area contributed by atoms with E-state index in [1.807, 2.05) is 24.6 Å². The van der Waals surface area contributed by atoms with Crippen LogP contribution in [-0.4, -0.2) is 29.6 Å². The van der Waals surface area contributed by atoms with E-state index >= 15 is 0 Å². The van der Waals surface area contributed by atoms with Crippen LogP contribution in [0.5, 0.6) is 0 Å². The van der Waals surface area contributed by atoms with Crippen molar-refractivity contribution in [2.75, 3.05) is 0 Å². The number of hydrogen-bond acceptors (Lipinski definition) is 5. The highest BCUT2D eigenvalue weighted by Gasteiger charge is 2.17. The summed E-state index contributed by atoms with van der Waals surface area (Å²) >= 11 is 4.77. The SMILES string of the molecule is Cc1cc(C)n(Cc2nn3c(-c4cc(Br)ccc4F)nnc3s2)n1. The van der Waals surface area contributed by atoms with E-state index in [0.717, 1.165) is 20.9 Å². The Bertz CT molecular complexity index is 1050. The first kappa shape index (κ1) is 15.4. The molecule has 0 fully saturated rings. The third-order valence-electron chi connectivity index (χ3n) is 3.59. The largest absolute Gasteiger partial charge is 0.263 e. The van der Waals surface area contributed by atoms with Crippen molar-refractivity contribution in [3.05, 3.63) is 51.0 Å². The van der Waals surface area contributed by atoms with Gasteiger partial charge in [0, 0.05) is 10.2 Å². The molecule has 0 aliphatic carbocycles. The number of rotatable bonds is 3. The second-order valence-corrected chi connectivity index (χ2v) is 7.38. The fraction of sp³-hybridized carbons (Fsp3) is 0.200. The minimum atomic E-state index is -0.361. The Labute approximate surface area is 149 Å². The van der Waals surface area contributed by atoms with E-state index in [9.17, 15) is 4.39 Å². The highest BCUT2D eigenvalue weighted by atomic mass is 79.9. The molecular weight excluding hydrogens is 395 g/mol. The Hall–Kier alpha value is -2.13. The predicted octanol–water partition coefficient (Wildman–Crippen LogP) is 3.62. The maximum absolute atomic E-state index is 14.1. The van der Waals surface area contributed by atoms with Gasteiger partial charge in [-0.25, -0.2) is 4.39 Å². The van der Waals surface area contributed by atoms with Crippen LogP contribution >= 0.6 is 27.3 Å². The Kier molecular flexibility index (Phi) is 3.69. The molecule has 0 unspecified atom stereocenters. The summed E-state index contributed by atoms with van der Waals surface area (Å²) in [6.07, 6.45) is 0. The number of halogens is 2. The van der Waals surface area contributed by atoms with Crippen molar-refractivity contribution in [1.29, 1.82) is 0 Å². The van der Waals surface area contributed by atoms with Crippen LogP contribution in [0.25, 0.3) is 16.3 Å². The molecule has 0 N–H and O–H groups in total.